The topological polar surface area (TPSA) is 50.1 Å². The summed E-state index contributed by atoms with van der Waals surface area (Å²) in [6.45, 7) is 0.729. The van der Waals surface area contributed by atoms with E-state index >= 15 is 0 Å². The molecule has 0 saturated carbocycles. The number of pyridine rings is 1. The number of halogens is 1. The van der Waals surface area contributed by atoms with E-state index in [1.54, 1.807) is 24.4 Å². The van der Waals surface area contributed by atoms with Gasteiger partial charge in [0.05, 0.1) is 11.7 Å². The van der Waals surface area contributed by atoms with Crippen LogP contribution in [0.1, 0.15) is 12.0 Å². The molecule has 4 nitrogen and oxygen atoms in total. The first-order valence-corrected chi connectivity index (χ1v) is 6.86. The number of aryl methyl sites for hydroxylation is 1. The first-order valence-electron chi connectivity index (χ1n) is 6.86. The lowest BCUT2D eigenvalue weighted by Gasteiger charge is -2.09. The number of nitrogens with one attached hydrogen (secondary N) is 1. The molecule has 0 fully saturated rings. The third-order valence-corrected chi connectivity index (χ3v) is 3.44. The van der Waals surface area contributed by atoms with Gasteiger partial charge in [0.25, 0.3) is 0 Å². The maximum absolute atomic E-state index is 13.4. The molecule has 0 aliphatic heterocycles. The van der Waals surface area contributed by atoms with Crippen LogP contribution >= 0.6 is 0 Å². The Kier molecular flexibility index (Phi) is 3.73. The normalized spacial score (nSPS) is 10.9. The van der Waals surface area contributed by atoms with Crippen LogP contribution < -0.4 is 5.43 Å². The molecular weight excluding hydrogens is 269 g/mol. The van der Waals surface area contributed by atoms with Crippen molar-refractivity contribution in [3.8, 4) is 5.75 Å². The SMILES string of the molecule is Oc1ccc2c(ccn2NCCCc2ccncc2F)c1. The van der Waals surface area contributed by atoms with Crippen molar-refractivity contribution >= 4 is 10.9 Å². The van der Waals surface area contributed by atoms with Gasteiger partial charge in [-0.2, -0.15) is 0 Å². The van der Waals surface area contributed by atoms with Gasteiger partial charge in [-0.25, -0.2) is 4.39 Å². The quantitative estimate of drug-likeness (QED) is 0.708. The highest BCUT2D eigenvalue weighted by Crippen LogP contribution is 2.20. The lowest BCUT2D eigenvalue weighted by Crippen LogP contribution is -2.15. The Hall–Kier alpha value is -2.56. The summed E-state index contributed by atoms with van der Waals surface area (Å²) in [6.07, 6.45) is 6.25. The Morgan fingerprint density at radius 2 is 2.14 bits per heavy atom. The van der Waals surface area contributed by atoms with Crippen molar-refractivity contribution in [2.75, 3.05) is 12.0 Å². The first kappa shape index (κ1) is 13.4. The first-order chi connectivity index (χ1) is 10.2. The van der Waals surface area contributed by atoms with Crippen molar-refractivity contribution in [3.63, 3.8) is 0 Å². The van der Waals surface area contributed by atoms with Crippen LogP contribution in [-0.2, 0) is 6.42 Å². The molecule has 1 aromatic carbocycles. The van der Waals surface area contributed by atoms with E-state index in [1.165, 1.54) is 6.20 Å². The number of hydrogen-bond acceptors (Lipinski definition) is 3. The Bertz CT molecular complexity index is 754. The average molecular weight is 285 g/mol. The Labute approximate surface area is 121 Å². The van der Waals surface area contributed by atoms with E-state index < -0.39 is 0 Å². The molecule has 0 radical (unpaired) electrons. The summed E-state index contributed by atoms with van der Waals surface area (Å²) in [5.41, 5.74) is 4.97. The molecule has 0 unspecified atom stereocenters. The summed E-state index contributed by atoms with van der Waals surface area (Å²) in [4.78, 5) is 3.74. The fraction of sp³-hybridized carbons (Fsp3) is 0.188. The van der Waals surface area contributed by atoms with Crippen molar-refractivity contribution in [1.29, 1.82) is 0 Å². The highest BCUT2D eigenvalue weighted by Gasteiger charge is 2.03. The molecule has 108 valence electrons. The Morgan fingerprint density at radius 1 is 1.24 bits per heavy atom. The van der Waals surface area contributed by atoms with E-state index in [1.807, 2.05) is 23.0 Å². The van der Waals surface area contributed by atoms with E-state index in [0.717, 1.165) is 23.9 Å². The fourth-order valence-corrected chi connectivity index (χ4v) is 2.35. The minimum atomic E-state index is -0.251. The van der Waals surface area contributed by atoms with E-state index in [0.29, 0.717) is 12.0 Å². The van der Waals surface area contributed by atoms with E-state index in [-0.39, 0.29) is 11.6 Å². The van der Waals surface area contributed by atoms with Crippen LogP contribution in [0.2, 0.25) is 0 Å². The summed E-state index contributed by atoms with van der Waals surface area (Å²) in [5, 5.41) is 10.4. The second kappa shape index (κ2) is 5.83. The molecule has 3 rings (SSSR count). The second-order valence-corrected chi connectivity index (χ2v) is 4.91. The number of phenols is 1. The van der Waals surface area contributed by atoms with Crippen molar-refractivity contribution in [2.24, 2.45) is 0 Å². The molecule has 0 amide bonds. The zero-order valence-corrected chi connectivity index (χ0v) is 11.5. The van der Waals surface area contributed by atoms with Crippen LogP contribution in [0.15, 0.2) is 48.9 Å². The second-order valence-electron chi connectivity index (χ2n) is 4.91. The molecule has 0 aliphatic carbocycles. The summed E-state index contributed by atoms with van der Waals surface area (Å²) < 4.78 is 15.3. The summed E-state index contributed by atoms with van der Waals surface area (Å²) >= 11 is 0. The summed E-state index contributed by atoms with van der Waals surface area (Å²) in [6, 6.07) is 8.89. The third-order valence-electron chi connectivity index (χ3n) is 3.44. The number of aromatic nitrogens is 2. The lowest BCUT2D eigenvalue weighted by molar-refractivity contribution is 0.476. The maximum Gasteiger partial charge on any atom is 0.144 e. The van der Waals surface area contributed by atoms with E-state index in [4.69, 9.17) is 0 Å². The molecule has 0 bridgehead atoms. The monoisotopic (exact) mass is 285 g/mol. The van der Waals surface area contributed by atoms with Gasteiger partial charge >= 0.3 is 0 Å². The smallest absolute Gasteiger partial charge is 0.144 e. The zero-order valence-electron chi connectivity index (χ0n) is 11.5. The maximum atomic E-state index is 13.4. The molecule has 0 saturated heterocycles. The Morgan fingerprint density at radius 3 is 3.00 bits per heavy atom. The number of nitrogens with zero attached hydrogens (tertiary/aromatic N) is 2. The number of aromatic hydroxyl groups is 1. The predicted molar refractivity (Wildman–Crippen MR) is 80.3 cm³/mol. The molecule has 3 aromatic rings. The molecule has 21 heavy (non-hydrogen) atoms. The molecule has 2 N–H and O–H groups in total. The molecule has 0 atom stereocenters. The van der Waals surface area contributed by atoms with Gasteiger partial charge < -0.3 is 10.5 Å². The number of rotatable bonds is 5. The highest BCUT2D eigenvalue weighted by molar-refractivity contribution is 5.81. The molecule has 2 heterocycles. The molecule has 5 heteroatoms. The lowest BCUT2D eigenvalue weighted by atomic mass is 10.1. The van der Waals surface area contributed by atoms with Gasteiger partial charge in [-0.15, -0.1) is 0 Å². The van der Waals surface area contributed by atoms with Gasteiger partial charge in [0.2, 0.25) is 0 Å². The number of benzene rings is 1. The minimum Gasteiger partial charge on any atom is -0.508 e. The van der Waals surface area contributed by atoms with Crippen LogP contribution in [0.4, 0.5) is 4.39 Å². The number of hydrogen-bond donors (Lipinski definition) is 2. The van der Waals surface area contributed by atoms with Gasteiger partial charge in [-0.05, 0) is 48.7 Å². The number of fused-ring (bicyclic) bond motifs is 1. The third kappa shape index (κ3) is 2.97. The number of phenolic OH excluding ortho intramolecular Hbond substituents is 1. The van der Waals surface area contributed by atoms with Crippen LogP contribution in [-0.4, -0.2) is 21.3 Å². The van der Waals surface area contributed by atoms with E-state index in [9.17, 15) is 9.50 Å². The summed E-state index contributed by atoms with van der Waals surface area (Å²) in [5.74, 6) is 0.00722. The minimum absolute atomic E-state index is 0.251. The standard InChI is InChI=1S/C16H16FN3O/c17-15-11-18-8-5-12(15)2-1-7-19-20-9-6-13-10-14(21)3-4-16(13)20/h3-6,8-11,19,21H,1-2,7H2. The average Bonchev–Trinajstić information content (AvgIpc) is 2.87. The zero-order chi connectivity index (χ0) is 14.7. The van der Waals surface area contributed by atoms with Gasteiger partial charge in [-0.1, -0.05) is 0 Å². The molecule has 0 spiro atoms. The van der Waals surface area contributed by atoms with Crippen LogP contribution in [0.3, 0.4) is 0 Å². The fourth-order valence-electron chi connectivity index (χ4n) is 2.35. The van der Waals surface area contributed by atoms with Crippen molar-refractivity contribution in [2.45, 2.75) is 12.8 Å². The molecular formula is C16H16FN3O. The summed E-state index contributed by atoms with van der Waals surface area (Å²) in [7, 11) is 0. The van der Waals surface area contributed by atoms with Gasteiger partial charge in [-0.3, -0.25) is 9.66 Å². The molecule has 2 aromatic heterocycles. The van der Waals surface area contributed by atoms with Gasteiger partial charge in [0.15, 0.2) is 0 Å². The van der Waals surface area contributed by atoms with E-state index in [2.05, 4.69) is 10.4 Å². The predicted octanol–water partition coefficient (Wildman–Crippen LogP) is 3.06. The van der Waals surface area contributed by atoms with Gasteiger partial charge in [0.1, 0.15) is 11.6 Å². The molecule has 0 aliphatic rings. The van der Waals surface area contributed by atoms with Crippen molar-refractivity contribution in [1.82, 2.24) is 9.66 Å². The van der Waals surface area contributed by atoms with Crippen LogP contribution in [0.5, 0.6) is 5.75 Å². The van der Waals surface area contributed by atoms with Crippen molar-refractivity contribution in [3.05, 3.63) is 60.3 Å². The van der Waals surface area contributed by atoms with Crippen LogP contribution in [0.25, 0.3) is 10.9 Å². The Balaban J connectivity index is 1.59. The van der Waals surface area contributed by atoms with Crippen molar-refractivity contribution < 1.29 is 9.50 Å². The van der Waals surface area contributed by atoms with Gasteiger partial charge in [0, 0.05) is 24.3 Å². The highest BCUT2D eigenvalue weighted by atomic mass is 19.1. The largest absolute Gasteiger partial charge is 0.508 e. The van der Waals surface area contributed by atoms with Crippen LogP contribution in [0, 0.1) is 5.82 Å².